The first-order chi connectivity index (χ1) is 4.52. The molecule has 0 unspecified atom stereocenters. The van der Waals surface area contributed by atoms with Crippen molar-refractivity contribution in [1.29, 1.82) is 0 Å². The van der Waals surface area contributed by atoms with E-state index in [4.69, 9.17) is 5.84 Å². The van der Waals surface area contributed by atoms with Gasteiger partial charge in [-0.3, -0.25) is 5.84 Å². The van der Waals surface area contributed by atoms with E-state index in [2.05, 4.69) is 31.5 Å². The molecule has 60 valence electrons. The number of nitrogens with two attached hydrogens (primary N) is 1. The minimum absolute atomic E-state index is 0.0811. The third-order valence-electron chi connectivity index (χ3n) is 1.25. The summed E-state index contributed by atoms with van der Waals surface area (Å²) in [5, 5.41) is 2.92. The highest BCUT2D eigenvalue weighted by molar-refractivity contribution is 5.05. The summed E-state index contributed by atoms with van der Waals surface area (Å²) < 4.78 is 0. The van der Waals surface area contributed by atoms with Gasteiger partial charge in [-0.05, 0) is 0 Å². The number of rotatable bonds is 2. The van der Waals surface area contributed by atoms with Crippen molar-refractivity contribution in [3.05, 3.63) is 11.9 Å². The molecule has 0 spiro atoms. The van der Waals surface area contributed by atoms with Crippen molar-refractivity contribution < 1.29 is 0 Å². The van der Waals surface area contributed by atoms with E-state index in [1.54, 1.807) is 0 Å². The van der Waals surface area contributed by atoms with Crippen molar-refractivity contribution in [3.63, 3.8) is 0 Å². The van der Waals surface area contributed by atoms with Crippen molar-refractivity contribution in [2.24, 2.45) is 11.3 Å². The SMILES string of the molecule is CN/C=C(\NN)C(C)(C)C. The van der Waals surface area contributed by atoms with E-state index < -0.39 is 0 Å². The topological polar surface area (TPSA) is 50.1 Å². The average molecular weight is 143 g/mol. The second-order valence-electron chi connectivity index (χ2n) is 3.24. The third kappa shape index (κ3) is 2.73. The second kappa shape index (κ2) is 3.46. The first-order valence-corrected chi connectivity index (χ1v) is 3.37. The fourth-order valence-corrected chi connectivity index (χ4v) is 0.619. The molecule has 0 aromatic heterocycles. The summed E-state index contributed by atoms with van der Waals surface area (Å²) in [5.74, 6) is 5.29. The zero-order valence-electron chi connectivity index (χ0n) is 7.15. The minimum atomic E-state index is 0.0811. The lowest BCUT2D eigenvalue weighted by atomic mass is 9.93. The molecule has 4 N–H and O–H groups in total. The smallest absolute Gasteiger partial charge is 0.0469 e. The van der Waals surface area contributed by atoms with Gasteiger partial charge in [0, 0.05) is 24.4 Å². The standard InChI is InChI=1S/C7H17N3/c1-7(2,3)6(10-8)5-9-4/h5,9-10H,8H2,1-4H3/b6-5-. The van der Waals surface area contributed by atoms with Crippen LogP contribution in [-0.4, -0.2) is 7.05 Å². The van der Waals surface area contributed by atoms with Crippen LogP contribution in [0.25, 0.3) is 0 Å². The molecule has 0 bridgehead atoms. The van der Waals surface area contributed by atoms with Crippen LogP contribution in [0.1, 0.15) is 20.8 Å². The fourth-order valence-electron chi connectivity index (χ4n) is 0.619. The van der Waals surface area contributed by atoms with E-state index in [9.17, 15) is 0 Å². The maximum atomic E-state index is 5.29. The average Bonchev–Trinajstić information content (AvgIpc) is 1.80. The summed E-state index contributed by atoms with van der Waals surface area (Å²) in [7, 11) is 1.85. The summed E-state index contributed by atoms with van der Waals surface area (Å²) in [4.78, 5) is 0. The van der Waals surface area contributed by atoms with Gasteiger partial charge in [0.1, 0.15) is 0 Å². The van der Waals surface area contributed by atoms with E-state index in [-0.39, 0.29) is 5.41 Å². The fraction of sp³-hybridized carbons (Fsp3) is 0.714. The molecule has 0 amide bonds. The Morgan fingerprint density at radius 3 is 2.00 bits per heavy atom. The van der Waals surface area contributed by atoms with Gasteiger partial charge in [-0.2, -0.15) is 0 Å². The van der Waals surface area contributed by atoms with Crippen LogP contribution in [0, 0.1) is 5.41 Å². The molecule has 0 aliphatic rings. The molecule has 3 nitrogen and oxygen atoms in total. The molecule has 0 saturated carbocycles. The highest BCUT2D eigenvalue weighted by Gasteiger charge is 2.14. The van der Waals surface area contributed by atoms with Crippen LogP contribution < -0.4 is 16.6 Å². The molecule has 0 aromatic rings. The molecular formula is C7H17N3. The lowest BCUT2D eigenvalue weighted by Crippen LogP contribution is -2.31. The van der Waals surface area contributed by atoms with Gasteiger partial charge in [-0.1, -0.05) is 20.8 Å². The Balaban J connectivity index is 4.21. The zero-order chi connectivity index (χ0) is 8.20. The summed E-state index contributed by atoms with van der Waals surface area (Å²) in [5.41, 5.74) is 3.72. The van der Waals surface area contributed by atoms with Gasteiger partial charge in [-0.15, -0.1) is 0 Å². The Labute approximate surface area is 62.6 Å². The van der Waals surface area contributed by atoms with Crippen molar-refractivity contribution >= 4 is 0 Å². The molecule has 0 aliphatic heterocycles. The second-order valence-corrected chi connectivity index (χ2v) is 3.24. The Morgan fingerprint density at radius 2 is 1.90 bits per heavy atom. The molecule has 0 fully saturated rings. The largest absolute Gasteiger partial charge is 0.393 e. The van der Waals surface area contributed by atoms with Crippen LogP contribution in [0.15, 0.2) is 11.9 Å². The van der Waals surface area contributed by atoms with Gasteiger partial charge in [0.05, 0.1) is 0 Å². The number of hydrogen-bond acceptors (Lipinski definition) is 3. The van der Waals surface area contributed by atoms with E-state index in [1.807, 2.05) is 13.2 Å². The van der Waals surface area contributed by atoms with Crippen LogP contribution >= 0.6 is 0 Å². The maximum Gasteiger partial charge on any atom is 0.0469 e. The first kappa shape index (κ1) is 9.30. The maximum absolute atomic E-state index is 5.29. The third-order valence-corrected chi connectivity index (χ3v) is 1.25. The van der Waals surface area contributed by atoms with Crippen molar-refractivity contribution in [2.75, 3.05) is 7.05 Å². The predicted octanol–water partition coefficient (Wildman–Crippen LogP) is 0.557. The predicted molar refractivity (Wildman–Crippen MR) is 43.9 cm³/mol. The summed E-state index contributed by atoms with van der Waals surface area (Å²) in [6.45, 7) is 6.28. The zero-order valence-corrected chi connectivity index (χ0v) is 7.15. The van der Waals surface area contributed by atoms with Crippen LogP contribution in [-0.2, 0) is 0 Å². The minimum Gasteiger partial charge on any atom is -0.393 e. The van der Waals surface area contributed by atoms with Crippen LogP contribution in [0.4, 0.5) is 0 Å². The van der Waals surface area contributed by atoms with Gasteiger partial charge in [0.2, 0.25) is 0 Å². The number of hydrogen-bond donors (Lipinski definition) is 3. The summed E-state index contributed by atoms with van der Waals surface area (Å²) >= 11 is 0. The van der Waals surface area contributed by atoms with Crippen LogP contribution in [0.5, 0.6) is 0 Å². The molecule has 0 atom stereocenters. The van der Waals surface area contributed by atoms with Gasteiger partial charge in [-0.25, -0.2) is 0 Å². The molecule has 0 aromatic carbocycles. The lowest BCUT2D eigenvalue weighted by Gasteiger charge is -2.21. The van der Waals surface area contributed by atoms with E-state index in [1.165, 1.54) is 0 Å². The quantitative estimate of drug-likeness (QED) is 0.391. The highest BCUT2D eigenvalue weighted by Crippen LogP contribution is 2.20. The van der Waals surface area contributed by atoms with Crippen molar-refractivity contribution in [2.45, 2.75) is 20.8 Å². The molecule has 0 heterocycles. The molecule has 3 heteroatoms. The molecule has 0 rings (SSSR count). The van der Waals surface area contributed by atoms with Gasteiger partial charge >= 0.3 is 0 Å². The molecule has 0 aliphatic carbocycles. The van der Waals surface area contributed by atoms with Crippen LogP contribution in [0.3, 0.4) is 0 Å². The normalized spacial score (nSPS) is 13.1. The van der Waals surface area contributed by atoms with Crippen molar-refractivity contribution in [3.8, 4) is 0 Å². The van der Waals surface area contributed by atoms with Gasteiger partial charge < -0.3 is 10.7 Å². The highest BCUT2D eigenvalue weighted by atomic mass is 15.2. The van der Waals surface area contributed by atoms with E-state index in [0.717, 1.165) is 5.70 Å². The Bertz CT molecular complexity index is 121. The number of allylic oxidation sites excluding steroid dienone is 1. The summed E-state index contributed by atoms with van der Waals surface area (Å²) in [6, 6.07) is 0. The molecular weight excluding hydrogens is 126 g/mol. The Kier molecular flexibility index (Phi) is 3.22. The van der Waals surface area contributed by atoms with E-state index >= 15 is 0 Å². The lowest BCUT2D eigenvalue weighted by molar-refractivity contribution is 0.460. The molecule has 0 radical (unpaired) electrons. The number of hydrazine groups is 1. The van der Waals surface area contributed by atoms with Gasteiger partial charge in [0.25, 0.3) is 0 Å². The van der Waals surface area contributed by atoms with Crippen molar-refractivity contribution in [1.82, 2.24) is 10.7 Å². The van der Waals surface area contributed by atoms with E-state index in [0.29, 0.717) is 0 Å². The molecule has 0 saturated heterocycles. The van der Waals surface area contributed by atoms with Gasteiger partial charge in [0.15, 0.2) is 0 Å². The number of nitrogens with one attached hydrogen (secondary N) is 2. The Morgan fingerprint density at radius 1 is 1.40 bits per heavy atom. The summed E-state index contributed by atoms with van der Waals surface area (Å²) in [6.07, 6.45) is 1.86. The monoisotopic (exact) mass is 143 g/mol. The van der Waals surface area contributed by atoms with Crippen LogP contribution in [0.2, 0.25) is 0 Å². The Hall–Kier alpha value is -0.700. The molecule has 10 heavy (non-hydrogen) atoms. The first-order valence-electron chi connectivity index (χ1n) is 3.37.